The minimum atomic E-state index is -0.331. The third-order valence-corrected chi connectivity index (χ3v) is 4.10. The number of carbonyl (C=O) groups is 1. The molecule has 2 N–H and O–H groups in total. The lowest BCUT2D eigenvalue weighted by molar-refractivity contribution is -0.129. The summed E-state index contributed by atoms with van der Waals surface area (Å²) in [6, 6.07) is 9.79. The molecular formula is C15H22N2O. The van der Waals surface area contributed by atoms with Gasteiger partial charge < -0.3 is 10.6 Å². The van der Waals surface area contributed by atoms with Crippen molar-refractivity contribution in [3.8, 4) is 0 Å². The molecule has 0 atom stereocenters. The quantitative estimate of drug-likeness (QED) is 0.891. The second kappa shape index (κ2) is 5.53. The number of hydrogen-bond acceptors (Lipinski definition) is 2. The van der Waals surface area contributed by atoms with Crippen LogP contribution in [0.1, 0.15) is 32.1 Å². The van der Waals surface area contributed by atoms with Crippen molar-refractivity contribution in [3.63, 3.8) is 0 Å². The van der Waals surface area contributed by atoms with Crippen LogP contribution in [0.5, 0.6) is 0 Å². The van der Waals surface area contributed by atoms with Crippen LogP contribution >= 0.6 is 0 Å². The van der Waals surface area contributed by atoms with Crippen LogP contribution in [0.25, 0.3) is 0 Å². The van der Waals surface area contributed by atoms with Crippen LogP contribution in [-0.2, 0) is 4.79 Å². The van der Waals surface area contributed by atoms with E-state index in [9.17, 15) is 4.79 Å². The second-order valence-corrected chi connectivity index (χ2v) is 5.24. The Morgan fingerprint density at radius 3 is 2.39 bits per heavy atom. The number of nitrogens with two attached hydrogens (primary N) is 1. The summed E-state index contributed by atoms with van der Waals surface area (Å²) < 4.78 is 0. The predicted molar refractivity (Wildman–Crippen MR) is 74.4 cm³/mol. The Balaban J connectivity index is 2.19. The van der Waals surface area contributed by atoms with E-state index >= 15 is 0 Å². The van der Waals surface area contributed by atoms with E-state index in [1.165, 1.54) is 6.42 Å². The molecule has 0 aliphatic heterocycles. The van der Waals surface area contributed by atoms with Crippen LogP contribution in [0.2, 0.25) is 0 Å². The largest absolute Gasteiger partial charge is 0.329 e. The van der Waals surface area contributed by atoms with Gasteiger partial charge >= 0.3 is 0 Å². The highest BCUT2D eigenvalue weighted by atomic mass is 16.2. The first-order chi connectivity index (χ1) is 8.69. The predicted octanol–water partition coefficient (Wildman–Crippen LogP) is 2.56. The summed E-state index contributed by atoms with van der Waals surface area (Å²) in [5.74, 6) is 0.177. The molecule has 1 amide bonds. The summed E-state index contributed by atoms with van der Waals surface area (Å²) in [4.78, 5) is 14.5. The lowest BCUT2D eigenvalue weighted by Crippen LogP contribution is -2.48. The molecule has 1 fully saturated rings. The monoisotopic (exact) mass is 246 g/mol. The maximum absolute atomic E-state index is 12.7. The molecule has 1 aliphatic carbocycles. The van der Waals surface area contributed by atoms with Gasteiger partial charge in [-0.25, -0.2) is 0 Å². The molecule has 2 rings (SSSR count). The average molecular weight is 246 g/mol. The molecule has 0 radical (unpaired) electrons. The lowest BCUT2D eigenvalue weighted by Gasteiger charge is -2.37. The number of carbonyl (C=O) groups excluding carboxylic acids is 1. The molecule has 18 heavy (non-hydrogen) atoms. The van der Waals surface area contributed by atoms with E-state index in [1.807, 2.05) is 37.4 Å². The van der Waals surface area contributed by atoms with Crippen molar-refractivity contribution in [1.82, 2.24) is 0 Å². The van der Waals surface area contributed by atoms with Crippen molar-refractivity contribution in [2.75, 3.05) is 18.5 Å². The van der Waals surface area contributed by atoms with Crippen molar-refractivity contribution < 1.29 is 4.79 Å². The molecule has 0 bridgehead atoms. The molecule has 0 heterocycles. The minimum absolute atomic E-state index is 0.177. The molecule has 1 aliphatic rings. The Labute approximate surface area is 109 Å². The van der Waals surface area contributed by atoms with Gasteiger partial charge in [0, 0.05) is 19.3 Å². The Bertz CT molecular complexity index is 396. The summed E-state index contributed by atoms with van der Waals surface area (Å²) in [6.07, 6.45) is 5.32. The van der Waals surface area contributed by atoms with Crippen LogP contribution < -0.4 is 10.6 Å². The fourth-order valence-electron chi connectivity index (χ4n) is 2.86. The lowest BCUT2D eigenvalue weighted by atomic mass is 9.73. The highest BCUT2D eigenvalue weighted by Gasteiger charge is 2.40. The van der Waals surface area contributed by atoms with Crippen molar-refractivity contribution in [1.29, 1.82) is 0 Å². The van der Waals surface area contributed by atoms with Gasteiger partial charge in [0.25, 0.3) is 0 Å². The first kappa shape index (κ1) is 13.1. The Hall–Kier alpha value is -1.35. The molecule has 0 unspecified atom stereocenters. The average Bonchev–Trinajstić information content (AvgIpc) is 2.47. The standard InChI is InChI=1S/C15H22N2O/c1-17(13-8-4-2-5-9-13)14(18)15(12-16)10-6-3-7-11-15/h2,4-5,8-9H,3,6-7,10-12,16H2,1H3. The van der Waals surface area contributed by atoms with Gasteiger partial charge in [-0.3, -0.25) is 4.79 Å². The molecule has 3 nitrogen and oxygen atoms in total. The smallest absolute Gasteiger partial charge is 0.234 e. The van der Waals surface area contributed by atoms with Crippen molar-refractivity contribution in [3.05, 3.63) is 30.3 Å². The number of benzene rings is 1. The third kappa shape index (κ3) is 2.41. The molecule has 1 aromatic carbocycles. The zero-order valence-electron chi connectivity index (χ0n) is 11.1. The van der Waals surface area contributed by atoms with Crippen molar-refractivity contribution in [2.45, 2.75) is 32.1 Å². The first-order valence-corrected chi connectivity index (χ1v) is 6.73. The number of nitrogens with zero attached hydrogens (tertiary/aromatic N) is 1. The fraction of sp³-hybridized carbons (Fsp3) is 0.533. The molecule has 0 saturated heterocycles. The van der Waals surface area contributed by atoms with E-state index in [0.29, 0.717) is 6.54 Å². The van der Waals surface area contributed by atoms with Gasteiger partial charge in [0.05, 0.1) is 5.41 Å². The zero-order chi connectivity index (χ0) is 13.0. The van der Waals surface area contributed by atoms with Gasteiger partial charge in [-0.2, -0.15) is 0 Å². The number of amides is 1. The number of para-hydroxylation sites is 1. The summed E-state index contributed by atoms with van der Waals surface area (Å²) in [5.41, 5.74) is 6.52. The van der Waals surface area contributed by atoms with E-state index < -0.39 is 0 Å². The number of rotatable bonds is 3. The van der Waals surface area contributed by atoms with Gasteiger partial charge in [-0.15, -0.1) is 0 Å². The molecule has 1 aromatic rings. The molecule has 0 aromatic heterocycles. The Kier molecular flexibility index (Phi) is 4.02. The molecule has 3 heteroatoms. The van der Waals surface area contributed by atoms with E-state index in [0.717, 1.165) is 31.4 Å². The topological polar surface area (TPSA) is 46.3 Å². The van der Waals surface area contributed by atoms with Crippen LogP contribution in [0, 0.1) is 5.41 Å². The van der Waals surface area contributed by atoms with Crippen molar-refractivity contribution >= 4 is 11.6 Å². The highest BCUT2D eigenvalue weighted by molar-refractivity contribution is 5.97. The van der Waals surface area contributed by atoms with Gasteiger partial charge in [0.2, 0.25) is 5.91 Å². The maximum Gasteiger partial charge on any atom is 0.234 e. The fourth-order valence-corrected chi connectivity index (χ4v) is 2.86. The van der Waals surface area contributed by atoms with Gasteiger partial charge in [0.15, 0.2) is 0 Å². The highest BCUT2D eigenvalue weighted by Crippen LogP contribution is 2.37. The van der Waals surface area contributed by atoms with Crippen LogP contribution in [-0.4, -0.2) is 19.5 Å². The maximum atomic E-state index is 12.7. The van der Waals surface area contributed by atoms with Crippen LogP contribution in [0.15, 0.2) is 30.3 Å². The van der Waals surface area contributed by atoms with E-state index in [4.69, 9.17) is 5.73 Å². The summed E-state index contributed by atoms with van der Waals surface area (Å²) >= 11 is 0. The van der Waals surface area contributed by atoms with Crippen LogP contribution in [0.4, 0.5) is 5.69 Å². The van der Waals surface area contributed by atoms with E-state index in [1.54, 1.807) is 4.90 Å². The number of anilines is 1. The summed E-state index contributed by atoms with van der Waals surface area (Å²) in [7, 11) is 1.85. The first-order valence-electron chi connectivity index (χ1n) is 6.73. The Morgan fingerprint density at radius 1 is 1.22 bits per heavy atom. The summed E-state index contributed by atoms with van der Waals surface area (Å²) in [5, 5.41) is 0. The Morgan fingerprint density at radius 2 is 1.83 bits per heavy atom. The minimum Gasteiger partial charge on any atom is -0.329 e. The molecule has 98 valence electrons. The second-order valence-electron chi connectivity index (χ2n) is 5.24. The van der Waals surface area contributed by atoms with Crippen molar-refractivity contribution in [2.24, 2.45) is 11.1 Å². The van der Waals surface area contributed by atoms with E-state index in [2.05, 4.69) is 0 Å². The van der Waals surface area contributed by atoms with Crippen LogP contribution in [0.3, 0.4) is 0 Å². The zero-order valence-corrected chi connectivity index (χ0v) is 11.1. The van der Waals surface area contributed by atoms with Gasteiger partial charge in [0.1, 0.15) is 0 Å². The molecule has 1 saturated carbocycles. The third-order valence-electron chi connectivity index (χ3n) is 4.10. The number of hydrogen-bond donors (Lipinski definition) is 1. The molecular weight excluding hydrogens is 224 g/mol. The van der Waals surface area contributed by atoms with Gasteiger partial charge in [-0.05, 0) is 25.0 Å². The SMILES string of the molecule is CN(C(=O)C1(CN)CCCCC1)c1ccccc1. The summed E-state index contributed by atoms with van der Waals surface area (Å²) in [6.45, 7) is 0.461. The molecule has 0 spiro atoms. The normalized spacial score (nSPS) is 18.3. The van der Waals surface area contributed by atoms with E-state index in [-0.39, 0.29) is 11.3 Å². The van der Waals surface area contributed by atoms with Gasteiger partial charge in [-0.1, -0.05) is 37.5 Å².